The molecule has 3 rings (SSSR count). The van der Waals surface area contributed by atoms with Crippen molar-refractivity contribution in [2.75, 3.05) is 30.8 Å². The monoisotopic (exact) mass is 350 g/mol. The van der Waals surface area contributed by atoms with Crippen molar-refractivity contribution in [1.29, 1.82) is 5.26 Å². The smallest absolute Gasteiger partial charge is 0.214 e. The average Bonchev–Trinajstić information content (AvgIpc) is 3.15. The molecule has 3 heterocycles. The normalized spacial score (nSPS) is 27.4. The summed E-state index contributed by atoms with van der Waals surface area (Å²) in [5.74, 6) is 0.837. The molecule has 0 amide bonds. The minimum absolute atomic E-state index is 0.0697. The molecule has 2 aliphatic rings. The third-order valence-electron chi connectivity index (χ3n) is 4.56. The van der Waals surface area contributed by atoms with Crippen LogP contribution in [0.15, 0.2) is 18.2 Å². The second-order valence-corrected chi connectivity index (χ2v) is 8.55. The Hall–Kier alpha value is -1.69. The molecule has 0 radical (unpaired) electrons. The van der Waals surface area contributed by atoms with Gasteiger partial charge in [0.2, 0.25) is 10.0 Å². The molecule has 0 unspecified atom stereocenters. The zero-order valence-corrected chi connectivity index (χ0v) is 14.6. The summed E-state index contributed by atoms with van der Waals surface area (Å²) in [6.45, 7) is 3.34. The van der Waals surface area contributed by atoms with Gasteiger partial charge in [-0.2, -0.15) is 9.57 Å². The summed E-state index contributed by atoms with van der Waals surface area (Å²) in [6, 6.07) is 7.35. The van der Waals surface area contributed by atoms with Gasteiger partial charge < -0.3 is 10.1 Å². The first-order valence-corrected chi connectivity index (χ1v) is 9.83. The number of hydrogen-bond acceptors (Lipinski definition) is 6. The summed E-state index contributed by atoms with van der Waals surface area (Å²) < 4.78 is 32.0. The molecule has 2 atom stereocenters. The highest BCUT2D eigenvalue weighted by Crippen LogP contribution is 2.37. The summed E-state index contributed by atoms with van der Waals surface area (Å²) in [6.07, 6.45) is 2.08. The Kier molecular flexibility index (Phi) is 4.76. The summed E-state index contributed by atoms with van der Waals surface area (Å²) in [7, 11) is -3.17. The third-order valence-corrected chi connectivity index (χ3v) is 6.58. The lowest BCUT2D eigenvalue weighted by molar-refractivity contribution is 0.0173. The number of nitriles is 1. The molecule has 130 valence electrons. The van der Waals surface area contributed by atoms with E-state index in [1.807, 2.05) is 19.1 Å². The highest BCUT2D eigenvalue weighted by Gasteiger charge is 2.48. The van der Waals surface area contributed by atoms with E-state index in [-0.39, 0.29) is 11.8 Å². The fourth-order valence-corrected chi connectivity index (χ4v) is 5.02. The minimum atomic E-state index is -3.17. The first-order valence-electron chi connectivity index (χ1n) is 8.22. The second kappa shape index (κ2) is 6.67. The van der Waals surface area contributed by atoms with Crippen molar-refractivity contribution in [2.45, 2.75) is 37.8 Å². The molecule has 8 heteroatoms. The molecule has 1 N–H and O–H groups in total. The fourth-order valence-electron chi connectivity index (χ4n) is 3.44. The van der Waals surface area contributed by atoms with Gasteiger partial charge in [0.05, 0.1) is 24.0 Å². The number of sulfonamides is 1. The van der Waals surface area contributed by atoms with Crippen molar-refractivity contribution in [3.63, 3.8) is 0 Å². The fraction of sp³-hybridized carbons (Fsp3) is 0.625. The summed E-state index contributed by atoms with van der Waals surface area (Å²) in [5, 5.41) is 12.2. The van der Waals surface area contributed by atoms with Crippen molar-refractivity contribution in [2.24, 2.45) is 0 Å². The number of aromatic nitrogens is 1. The van der Waals surface area contributed by atoms with Gasteiger partial charge in [-0.1, -0.05) is 13.0 Å². The molecular formula is C16H22N4O3S. The average molecular weight is 350 g/mol. The summed E-state index contributed by atoms with van der Waals surface area (Å²) in [5.41, 5.74) is -0.0305. The van der Waals surface area contributed by atoms with Gasteiger partial charge in [-0.25, -0.2) is 13.4 Å². The van der Waals surface area contributed by atoms with Crippen LogP contribution in [-0.4, -0.2) is 54.8 Å². The van der Waals surface area contributed by atoms with E-state index in [0.29, 0.717) is 37.6 Å². The Morgan fingerprint density at radius 2 is 2.38 bits per heavy atom. The molecule has 1 spiro atoms. The number of rotatable bonds is 5. The van der Waals surface area contributed by atoms with Crippen molar-refractivity contribution < 1.29 is 13.2 Å². The zero-order chi connectivity index (χ0) is 17.2. The standard InChI is InChI=1S/C16H22N4O3S/c1-2-8-24(21,22)20-7-6-16(12-20)9-14(11-23-16)19-15-5-3-4-13(10-17)18-15/h3-5,14H,2,6-9,11-12H2,1H3,(H,18,19)/t14-,16+/m1/s1. The van der Waals surface area contributed by atoms with Crippen molar-refractivity contribution in [3.8, 4) is 6.07 Å². The van der Waals surface area contributed by atoms with E-state index >= 15 is 0 Å². The van der Waals surface area contributed by atoms with Gasteiger partial charge in [0.25, 0.3) is 0 Å². The van der Waals surface area contributed by atoms with Crippen LogP contribution in [0.3, 0.4) is 0 Å². The minimum Gasteiger partial charge on any atom is -0.371 e. The van der Waals surface area contributed by atoms with Crippen molar-refractivity contribution >= 4 is 15.8 Å². The molecule has 2 fully saturated rings. The first-order chi connectivity index (χ1) is 11.5. The van der Waals surface area contributed by atoms with Gasteiger partial charge in [-0.3, -0.25) is 0 Å². The Balaban J connectivity index is 1.62. The molecular weight excluding hydrogens is 328 g/mol. The highest BCUT2D eigenvalue weighted by molar-refractivity contribution is 7.89. The van der Waals surface area contributed by atoms with Crippen LogP contribution >= 0.6 is 0 Å². The third kappa shape index (κ3) is 3.53. The van der Waals surface area contributed by atoms with Crippen LogP contribution in [0.25, 0.3) is 0 Å². The largest absolute Gasteiger partial charge is 0.371 e. The molecule has 1 aromatic heterocycles. The highest BCUT2D eigenvalue weighted by atomic mass is 32.2. The van der Waals surface area contributed by atoms with Crippen LogP contribution in [0.4, 0.5) is 5.82 Å². The maximum absolute atomic E-state index is 12.2. The zero-order valence-electron chi connectivity index (χ0n) is 13.7. The topological polar surface area (TPSA) is 95.3 Å². The molecule has 7 nitrogen and oxygen atoms in total. The predicted molar refractivity (Wildman–Crippen MR) is 89.9 cm³/mol. The van der Waals surface area contributed by atoms with Crippen LogP contribution in [0.5, 0.6) is 0 Å². The molecule has 2 saturated heterocycles. The van der Waals surface area contributed by atoms with Crippen LogP contribution in [0.2, 0.25) is 0 Å². The Morgan fingerprint density at radius 1 is 1.54 bits per heavy atom. The Morgan fingerprint density at radius 3 is 3.12 bits per heavy atom. The van der Waals surface area contributed by atoms with Gasteiger partial charge >= 0.3 is 0 Å². The SMILES string of the molecule is CCCS(=O)(=O)N1CC[C@]2(C[C@@H](Nc3cccc(C#N)n3)CO2)C1. The number of nitrogens with zero attached hydrogens (tertiary/aromatic N) is 3. The molecule has 0 aromatic carbocycles. The summed E-state index contributed by atoms with van der Waals surface area (Å²) in [4.78, 5) is 4.21. The van der Waals surface area contributed by atoms with E-state index in [1.54, 1.807) is 16.4 Å². The first kappa shape index (κ1) is 17.1. The lowest BCUT2D eigenvalue weighted by atomic mass is 9.97. The van der Waals surface area contributed by atoms with Crippen LogP contribution in [0.1, 0.15) is 31.9 Å². The van der Waals surface area contributed by atoms with Gasteiger partial charge in [0.1, 0.15) is 17.6 Å². The molecule has 0 saturated carbocycles. The lowest BCUT2D eigenvalue weighted by Crippen LogP contribution is -2.37. The van der Waals surface area contributed by atoms with E-state index in [2.05, 4.69) is 10.3 Å². The maximum atomic E-state index is 12.2. The molecule has 0 bridgehead atoms. The summed E-state index contributed by atoms with van der Waals surface area (Å²) >= 11 is 0. The number of pyridine rings is 1. The number of ether oxygens (including phenoxy) is 1. The number of hydrogen-bond donors (Lipinski definition) is 1. The van der Waals surface area contributed by atoms with E-state index in [0.717, 1.165) is 12.8 Å². The van der Waals surface area contributed by atoms with Gasteiger partial charge in [-0.15, -0.1) is 0 Å². The van der Waals surface area contributed by atoms with Gasteiger partial charge in [0, 0.05) is 19.5 Å². The molecule has 2 aliphatic heterocycles. The number of nitrogens with one attached hydrogen (secondary N) is 1. The maximum Gasteiger partial charge on any atom is 0.214 e. The van der Waals surface area contributed by atoms with Crippen LogP contribution < -0.4 is 5.32 Å². The van der Waals surface area contributed by atoms with E-state index < -0.39 is 15.6 Å². The lowest BCUT2D eigenvalue weighted by Gasteiger charge is -2.23. The van der Waals surface area contributed by atoms with E-state index in [4.69, 9.17) is 10.00 Å². The molecule has 24 heavy (non-hydrogen) atoms. The second-order valence-electron chi connectivity index (χ2n) is 6.46. The quantitative estimate of drug-likeness (QED) is 0.861. The van der Waals surface area contributed by atoms with Gasteiger partial charge in [-0.05, 0) is 25.0 Å². The van der Waals surface area contributed by atoms with E-state index in [9.17, 15) is 8.42 Å². The Bertz CT molecular complexity index is 746. The van der Waals surface area contributed by atoms with Crippen molar-refractivity contribution in [3.05, 3.63) is 23.9 Å². The number of anilines is 1. The predicted octanol–water partition coefficient (Wildman–Crippen LogP) is 1.34. The Labute approximate surface area is 142 Å². The van der Waals surface area contributed by atoms with Crippen LogP contribution in [0, 0.1) is 11.3 Å². The molecule has 1 aromatic rings. The van der Waals surface area contributed by atoms with E-state index in [1.165, 1.54) is 0 Å². The molecule has 0 aliphatic carbocycles. The van der Waals surface area contributed by atoms with Crippen molar-refractivity contribution in [1.82, 2.24) is 9.29 Å². The van der Waals surface area contributed by atoms with Crippen LogP contribution in [-0.2, 0) is 14.8 Å². The van der Waals surface area contributed by atoms with Gasteiger partial charge in [0.15, 0.2) is 0 Å².